The number of halogens is 2. The Morgan fingerprint density at radius 3 is 2.69 bits per heavy atom. The fraction of sp³-hybridized carbons (Fsp3) is 0.273. The minimum atomic E-state index is 0.278. The predicted molar refractivity (Wildman–Crippen MR) is 66.5 cm³/mol. The maximum atomic E-state index is 6.05. The van der Waals surface area contributed by atoms with E-state index < -0.39 is 0 Å². The third-order valence-corrected chi connectivity index (χ3v) is 3.45. The zero-order valence-corrected chi connectivity index (χ0v) is 11.2. The third kappa shape index (κ3) is 2.13. The Kier molecular flexibility index (Phi) is 3.30. The predicted octanol–water partition coefficient (Wildman–Crippen LogP) is 4.28. The highest BCUT2D eigenvalue weighted by Gasteiger charge is 2.14. The van der Waals surface area contributed by atoms with Crippen molar-refractivity contribution in [3.63, 3.8) is 0 Å². The molecule has 0 radical (unpaired) electrons. The van der Waals surface area contributed by atoms with Gasteiger partial charge in [0, 0.05) is 0 Å². The molecule has 2 aromatic heterocycles. The standard InChI is InChI=1S/C11H10BrClN2O/c1-6(2)9-8(12)10(13)15-11(14-9)7-3-4-16-5-7/h3-6H,1-2H3. The first-order chi connectivity index (χ1) is 7.59. The van der Waals surface area contributed by atoms with Crippen molar-refractivity contribution >= 4 is 27.5 Å². The van der Waals surface area contributed by atoms with E-state index in [2.05, 4.69) is 39.7 Å². The van der Waals surface area contributed by atoms with Crippen LogP contribution in [0.3, 0.4) is 0 Å². The topological polar surface area (TPSA) is 38.9 Å². The average Bonchev–Trinajstić information content (AvgIpc) is 2.74. The molecule has 0 amide bonds. The summed E-state index contributed by atoms with van der Waals surface area (Å²) >= 11 is 9.45. The molecule has 5 heteroatoms. The van der Waals surface area contributed by atoms with E-state index in [4.69, 9.17) is 16.0 Å². The van der Waals surface area contributed by atoms with Gasteiger partial charge >= 0.3 is 0 Å². The second-order valence-electron chi connectivity index (χ2n) is 3.70. The molecule has 0 spiro atoms. The van der Waals surface area contributed by atoms with Crippen LogP contribution in [0.4, 0.5) is 0 Å². The normalized spacial score (nSPS) is 11.1. The second-order valence-corrected chi connectivity index (χ2v) is 4.85. The van der Waals surface area contributed by atoms with E-state index in [1.165, 1.54) is 0 Å². The van der Waals surface area contributed by atoms with Crippen LogP contribution in [-0.2, 0) is 0 Å². The van der Waals surface area contributed by atoms with Gasteiger partial charge in [-0.15, -0.1) is 0 Å². The third-order valence-electron chi connectivity index (χ3n) is 2.16. The Morgan fingerprint density at radius 1 is 1.38 bits per heavy atom. The number of aromatic nitrogens is 2. The Morgan fingerprint density at radius 2 is 2.12 bits per heavy atom. The first-order valence-electron chi connectivity index (χ1n) is 4.85. The molecule has 0 aliphatic rings. The molecular formula is C11H10BrClN2O. The first kappa shape index (κ1) is 11.6. The first-order valence-corrected chi connectivity index (χ1v) is 6.02. The van der Waals surface area contributed by atoms with Crippen molar-refractivity contribution in [1.29, 1.82) is 0 Å². The summed E-state index contributed by atoms with van der Waals surface area (Å²) in [4.78, 5) is 8.68. The van der Waals surface area contributed by atoms with Gasteiger partial charge in [-0.05, 0) is 27.9 Å². The highest BCUT2D eigenvalue weighted by Crippen LogP contribution is 2.30. The van der Waals surface area contributed by atoms with E-state index in [-0.39, 0.29) is 5.92 Å². The molecule has 2 aromatic rings. The highest BCUT2D eigenvalue weighted by atomic mass is 79.9. The van der Waals surface area contributed by atoms with Crippen LogP contribution in [0.15, 0.2) is 27.5 Å². The number of furan rings is 1. The lowest BCUT2D eigenvalue weighted by Crippen LogP contribution is -1.99. The number of hydrogen-bond donors (Lipinski definition) is 0. The lowest BCUT2D eigenvalue weighted by molar-refractivity contribution is 0.568. The van der Waals surface area contributed by atoms with Gasteiger partial charge in [0.05, 0.1) is 22.0 Å². The van der Waals surface area contributed by atoms with Crippen molar-refractivity contribution < 1.29 is 4.42 Å². The molecule has 2 heterocycles. The summed E-state index contributed by atoms with van der Waals surface area (Å²) in [7, 11) is 0. The van der Waals surface area contributed by atoms with Crippen LogP contribution in [0.1, 0.15) is 25.5 Å². The second kappa shape index (κ2) is 4.55. The molecule has 84 valence electrons. The Labute approximate surface area is 107 Å². The molecule has 0 aliphatic carbocycles. The highest BCUT2D eigenvalue weighted by molar-refractivity contribution is 9.10. The van der Waals surface area contributed by atoms with Crippen LogP contribution in [-0.4, -0.2) is 9.97 Å². The van der Waals surface area contributed by atoms with E-state index in [0.717, 1.165) is 15.7 Å². The molecule has 0 atom stereocenters. The summed E-state index contributed by atoms with van der Waals surface area (Å²) in [5.41, 5.74) is 1.73. The van der Waals surface area contributed by atoms with Crippen molar-refractivity contribution in [1.82, 2.24) is 9.97 Å². The van der Waals surface area contributed by atoms with E-state index >= 15 is 0 Å². The van der Waals surface area contributed by atoms with Gasteiger partial charge in [0.1, 0.15) is 11.4 Å². The Hall–Kier alpha value is -0.870. The summed E-state index contributed by atoms with van der Waals surface area (Å²) in [6.07, 6.45) is 3.19. The van der Waals surface area contributed by atoms with Crippen LogP contribution < -0.4 is 0 Å². The summed E-state index contributed by atoms with van der Waals surface area (Å²) in [6, 6.07) is 1.81. The molecule has 0 unspecified atom stereocenters. The van der Waals surface area contributed by atoms with Gasteiger partial charge in [0.15, 0.2) is 5.82 Å². The van der Waals surface area contributed by atoms with Gasteiger partial charge in [0.2, 0.25) is 0 Å². The molecular weight excluding hydrogens is 291 g/mol. The lowest BCUT2D eigenvalue weighted by atomic mass is 10.1. The SMILES string of the molecule is CC(C)c1nc(-c2ccoc2)nc(Cl)c1Br. The van der Waals surface area contributed by atoms with Gasteiger partial charge in [-0.1, -0.05) is 25.4 Å². The van der Waals surface area contributed by atoms with Crippen molar-refractivity contribution in [3.8, 4) is 11.4 Å². The van der Waals surface area contributed by atoms with Gasteiger partial charge in [-0.25, -0.2) is 9.97 Å². The monoisotopic (exact) mass is 300 g/mol. The minimum Gasteiger partial charge on any atom is -0.472 e. The van der Waals surface area contributed by atoms with Gasteiger partial charge in [0.25, 0.3) is 0 Å². The largest absolute Gasteiger partial charge is 0.472 e. The fourth-order valence-electron chi connectivity index (χ4n) is 1.34. The molecule has 0 bridgehead atoms. The maximum Gasteiger partial charge on any atom is 0.164 e. The summed E-state index contributed by atoms with van der Waals surface area (Å²) in [5, 5.41) is 0.426. The number of rotatable bonds is 2. The van der Waals surface area contributed by atoms with E-state index in [1.807, 2.05) is 6.07 Å². The van der Waals surface area contributed by atoms with Crippen molar-refractivity contribution in [2.45, 2.75) is 19.8 Å². The molecule has 16 heavy (non-hydrogen) atoms. The zero-order valence-electron chi connectivity index (χ0n) is 8.87. The Bertz CT molecular complexity index is 497. The van der Waals surface area contributed by atoms with Gasteiger partial charge in [-0.2, -0.15) is 0 Å². The zero-order chi connectivity index (χ0) is 11.7. The van der Waals surface area contributed by atoms with Crippen molar-refractivity contribution in [2.75, 3.05) is 0 Å². The van der Waals surface area contributed by atoms with E-state index in [9.17, 15) is 0 Å². The maximum absolute atomic E-state index is 6.05. The average molecular weight is 302 g/mol. The number of nitrogens with zero attached hydrogens (tertiary/aromatic N) is 2. The van der Waals surface area contributed by atoms with Gasteiger partial charge < -0.3 is 4.42 Å². The molecule has 0 aliphatic heterocycles. The molecule has 0 aromatic carbocycles. The smallest absolute Gasteiger partial charge is 0.164 e. The van der Waals surface area contributed by atoms with Crippen LogP contribution in [0.25, 0.3) is 11.4 Å². The molecule has 0 saturated carbocycles. The summed E-state index contributed by atoms with van der Waals surface area (Å²) < 4.78 is 5.77. The lowest BCUT2D eigenvalue weighted by Gasteiger charge is -2.09. The molecule has 3 nitrogen and oxygen atoms in total. The van der Waals surface area contributed by atoms with E-state index in [0.29, 0.717) is 11.0 Å². The van der Waals surface area contributed by atoms with E-state index in [1.54, 1.807) is 12.5 Å². The molecule has 0 fully saturated rings. The van der Waals surface area contributed by atoms with Crippen molar-refractivity contribution in [3.05, 3.63) is 33.9 Å². The van der Waals surface area contributed by atoms with Crippen LogP contribution in [0.5, 0.6) is 0 Å². The number of hydrogen-bond acceptors (Lipinski definition) is 3. The molecule has 0 N–H and O–H groups in total. The van der Waals surface area contributed by atoms with Gasteiger partial charge in [-0.3, -0.25) is 0 Å². The molecule has 0 saturated heterocycles. The van der Waals surface area contributed by atoms with Crippen LogP contribution >= 0.6 is 27.5 Å². The molecule has 2 rings (SSSR count). The fourth-order valence-corrected chi connectivity index (χ4v) is 2.15. The quantitative estimate of drug-likeness (QED) is 0.777. The summed E-state index contributed by atoms with van der Waals surface area (Å²) in [6.45, 7) is 4.12. The minimum absolute atomic E-state index is 0.278. The van der Waals surface area contributed by atoms with Crippen LogP contribution in [0.2, 0.25) is 5.15 Å². The summed E-state index contributed by atoms with van der Waals surface area (Å²) in [5.74, 6) is 0.867. The van der Waals surface area contributed by atoms with Crippen molar-refractivity contribution in [2.24, 2.45) is 0 Å². The Balaban J connectivity index is 2.57. The van der Waals surface area contributed by atoms with Crippen LogP contribution in [0, 0.1) is 0 Å².